The molecule has 0 bridgehead atoms. The van der Waals surface area contributed by atoms with Gasteiger partial charge in [0.05, 0.1) is 0 Å². The predicted octanol–water partition coefficient (Wildman–Crippen LogP) is 2.29. The van der Waals surface area contributed by atoms with Crippen LogP contribution in [0.4, 0.5) is 0 Å². The third-order valence-electron chi connectivity index (χ3n) is 2.60. The van der Waals surface area contributed by atoms with Crippen molar-refractivity contribution in [1.82, 2.24) is 0 Å². The highest BCUT2D eigenvalue weighted by Crippen LogP contribution is 2.31. The quantitative estimate of drug-likeness (QED) is 0.477. The highest BCUT2D eigenvalue weighted by atomic mass is 16.5. The molecule has 2 heteroatoms. The molecule has 0 fully saturated rings. The van der Waals surface area contributed by atoms with Gasteiger partial charge in [0.2, 0.25) is 0 Å². The van der Waals surface area contributed by atoms with E-state index in [1.54, 1.807) is 0 Å². The lowest BCUT2D eigenvalue weighted by Crippen LogP contribution is -2.34. The zero-order valence-electron chi connectivity index (χ0n) is 7.75. The van der Waals surface area contributed by atoms with Gasteiger partial charge in [-0.2, -0.15) is 0 Å². The van der Waals surface area contributed by atoms with E-state index < -0.39 is 0 Å². The van der Waals surface area contributed by atoms with Crippen LogP contribution in [0.2, 0.25) is 0 Å². The summed E-state index contributed by atoms with van der Waals surface area (Å²) >= 11 is 0. The molecular formula is C10H16O2. The summed E-state index contributed by atoms with van der Waals surface area (Å²) in [5.41, 5.74) is -0.299. The van der Waals surface area contributed by atoms with Gasteiger partial charge in [0.1, 0.15) is 5.60 Å². The van der Waals surface area contributed by atoms with E-state index in [9.17, 15) is 4.79 Å². The van der Waals surface area contributed by atoms with Gasteiger partial charge in [0.25, 0.3) is 6.47 Å². The molecule has 12 heavy (non-hydrogen) atoms. The summed E-state index contributed by atoms with van der Waals surface area (Å²) in [4.78, 5) is 10.2. The summed E-state index contributed by atoms with van der Waals surface area (Å²) in [6.45, 7) is 4.51. The van der Waals surface area contributed by atoms with E-state index in [4.69, 9.17) is 4.74 Å². The minimum atomic E-state index is -0.299. The molecule has 0 heterocycles. The SMILES string of the molecule is CC(C)(OC=O)C1CC=CCC1. The topological polar surface area (TPSA) is 26.3 Å². The molecule has 0 N–H and O–H groups in total. The maximum Gasteiger partial charge on any atom is 0.293 e. The second-order valence-corrected chi connectivity index (χ2v) is 3.80. The zero-order chi connectivity index (χ0) is 9.03. The fraction of sp³-hybridized carbons (Fsp3) is 0.700. The average molecular weight is 168 g/mol. The highest BCUT2D eigenvalue weighted by molar-refractivity contribution is 5.38. The first-order valence-corrected chi connectivity index (χ1v) is 4.43. The van der Waals surface area contributed by atoms with E-state index in [0.29, 0.717) is 12.4 Å². The number of ether oxygens (including phenoxy) is 1. The smallest absolute Gasteiger partial charge is 0.293 e. The number of hydrogen-bond donors (Lipinski definition) is 0. The standard InChI is InChI=1S/C10H16O2/c1-10(2,12-8-11)9-6-4-3-5-7-9/h3-4,8-9H,5-7H2,1-2H3. The molecule has 0 saturated heterocycles. The van der Waals surface area contributed by atoms with Crippen LogP contribution in [0, 0.1) is 5.92 Å². The molecule has 1 unspecified atom stereocenters. The Bertz CT molecular complexity index is 182. The van der Waals surface area contributed by atoms with Crippen molar-refractivity contribution in [3.05, 3.63) is 12.2 Å². The van der Waals surface area contributed by atoms with E-state index in [0.717, 1.165) is 19.3 Å². The minimum Gasteiger partial charge on any atom is -0.462 e. The Morgan fingerprint density at radius 3 is 2.75 bits per heavy atom. The van der Waals surface area contributed by atoms with Gasteiger partial charge in [-0.05, 0) is 33.1 Å². The Hall–Kier alpha value is -0.790. The Balaban J connectivity index is 2.54. The van der Waals surface area contributed by atoms with E-state index in [1.165, 1.54) is 0 Å². The van der Waals surface area contributed by atoms with Crippen LogP contribution >= 0.6 is 0 Å². The normalized spacial score (nSPS) is 23.7. The summed E-state index contributed by atoms with van der Waals surface area (Å²) in [6, 6.07) is 0. The van der Waals surface area contributed by atoms with E-state index in [1.807, 2.05) is 13.8 Å². The first-order chi connectivity index (χ1) is 5.67. The second-order valence-electron chi connectivity index (χ2n) is 3.80. The summed E-state index contributed by atoms with van der Waals surface area (Å²) in [5.74, 6) is 0.479. The molecule has 0 saturated carbocycles. The monoisotopic (exact) mass is 168 g/mol. The molecule has 0 radical (unpaired) electrons. The largest absolute Gasteiger partial charge is 0.462 e. The van der Waals surface area contributed by atoms with Crippen molar-refractivity contribution in [2.24, 2.45) is 5.92 Å². The summed E-state index contributed by atoms with van der Waals surface area (Å²) in [5, 5.41) is 0. The molecule has 1 aliphatic carbocycles. The molecular weight excluding hydrogens is 152 g/mol. The van der Waals surface area contributed by atoms with Crippen molar-refractivity contribution in [1.29, 1.82) is 0 Å². The van der Waals surface area contributed by atoms with Gasteiger partial charge in [-0.25, -0.2) is 0 Å². The van der Waals surface area contributed by atoms with Crippen LogP contribution in [-0.2, 0) is 9.53 Å². The Morgan fingerprint density at radius 1 is 1.50 bits per heavy atom. The molecule has 1 rings (SSSR count). The third-order valence-corrected chi connectivity index (χ3v) is 2.60. The van der Waals surface area contributed by atoms with Gasteiger partial charge in [-0.1, -0.05) is 12.2 Å². The molecule has 0 amide bonds. The van der Waals surface area contributed by atoms with Crippen LogP contribution in [0.1, 0.15) is 33.1 Å². The lowest BCUT2D eigenvalue weighted by Gasteiger charge is -2.33. The van der Waals surface area contributed by atoms with Crippen LogP contribution in [0.25, 0.3) is 0 Å². The highest BCUT2D eigenvalue weighted by Gasteiger charge is 2.30. The third kappa shape index (κ3) is 2.10. The lowest BCUT2D eigenvalue weighted by atomic mass is 9.82. The fourth-order valence-electron chi connectivity index (χ4n) is 1.65. The minimum absolute atomic E-state index is 0.299. The fourth-order valence-corrected chi connectivity index (χ4v) is 1.65. The lowest BCUT2D eigenvalue weighted by molar-refractivity contribution is -0.145. The number of rotatable bonds is 3. The second kappa shape index (κ2) is 3.74. The summed E-state index contributed by atoms with van der Waals surface area (Å²) in [7, 11) is 0. The number of hydrogen-bond acceptors (Lipinski definition) is 2. The molecule has 1 atom stereocenters. The number of allylic oxidation sites excluding steroid dienone is 2. The van der Waals surface area contributed by atoms with Gasteiger partial charge >= 0.3 is 0 Å². The van der Waals surface area contributed by atoms with E-state index in [-0.39, 0.29) is 5.60 Å². The van der Waals surface area contributed by atoms with Crippen LogP contribution in [0.5, 0.6) is 0 Å². The Morgan fingerprint density at radius 2 is 2.25 bits per heavy atom. The number of carbonyl (C=O) groups is 1. The number of carbonyl (C=O) groups excluding carboxylic acids is 1. The molecule has 0 aromatic heterocycles. The van der Waals surface area contributed by atoms with Gasteiger partial charge in [-0.15, -0.1) is 0 Å². The van der Waals surface area contributed by atoms with Gasteiger partial charge < -0.3 is 4.74 Å². The first kappa shape index (κ1) is 9.30. The zero-order valence-corrected chi connectivity index (χ0v) is 7.75. The molecule has 1 aliphatic rings. The molecule has 0 aromatic rings. The van der Waals surface area contributed by atoms with Crippen LogP contribution in [-0.4, -0.2) is 12.1 Å². The van der Waals surface area contributed by atoms with Gasteiger partial charge in [0.15, 0.2) is 0 Å². The summed E-state index contributed by atoms with van der Waals surface area (Å²) in [6.07, 6.45) is 7.62. The summed E-state index contributed by atoms with van der Waals surface area (Å²) < 4.78 is 5.05. The molecule has 0 aromatic carbocycles. The van der Waals surface area contributed by atoms with Crippen molar-refractivity contribution in [3.8, 4) is 0 Å². The molecule has 0 spiro atoms. The van der Waals surface area contributed by atoms with Crippen molar-refractivity contribution in [2.75, 3.05) is 0 Å². The predicted molar refractivity (Wildman–Crippen MR) is 47.7 cm³/mol. The Labute approximate surface area is 73.6 Å². The van der Waals surface area contributed by atoms with Crippen molar-refractivity contribution < 1.29 is 9.53 Å². The van der Waals surface area contributed by atoms with Crippen molar-refractivity contribution in [2.45, 2.75) is 38.7 Å². The van der Waals surface area contributed by atoms with Gasteiger partial charge in [-0.3, -0.25) is 4.79 Å². The van der Waals surface area contributed by atoms with E-state index in [2.05, 4.69) is 12.2 Å². The Kier molecular flexibility index (Phi) is 2.90. The average Bonchev–Trinajstić information content (AvgIpc) is 2.06. The first-order valence-electron chi connectivity index (χ1n) is 4.43. The van der Waals surface area contributed by atoms with Crippen molar-refractivity contribution >= 4 is 6.47 Å². The maximum atomic E-state index is 10.2. The van der Waals surface area contributed by atoms with Crippen LogP contribution in [0.3, 0.4) is 0 Å². The van der Waals surface area contributed by atoms with Crippen LogP contribution < -0.4 is 0 Å². The molecule has 2 nitrogen and oxygen atoms in total. The van der Waals surface area contributed by atoms with Gasteiger partial charge in [0, 0.05) is 5.92 Å². The molecule has 68 valence electrons. The maximum absolute atomic E-state index is 10.2. The van der Waals surface area contributed by atoms with Crippen molar-refractivity contribution in [3.63, 3.8) is 0 Å². The molecule has 0 aliphatic heterocycles. The van der Waals surface area contributed by atoms with Crippen LogP contribution in [0.15, 0.2) is 12.2 Å². The van der Waals surface area contributed by atoms with E-state index >= 15 is 0 Å².